The van der Waals surface area contributed by atoms with E-state index in [4.69, 9.17) is 16.3 Å². The number of nitrogens with zero attached hydrogens (tertiary/aromatic N) is 2. The van der Waals surface area contributed by atoms with Gasteiger partial charge in [-0.15, -0.1) is 0 Å². The first kappa shape index (κ1) is 24.4. The zero-order valence-electron chi connectivity index (χ0n) is 19.5. The first-order valence-corrected chi connectivity index (χ1v) is 11.9. The van der Waals surface area contributed by atoms with Crippen molar-refractivity contribution in [1.29, 1.82) is 0 Å². The highest BCUT2D eigenvalue weighted by molar-refractivity contribution is 6.30. The van der Waals surface area contributed by atoms with Gasteiger partial charge in [-0.1, -0.05) is 35.9 Å². The second-order valence-electron chi connectivity index (χ2n) is 8.92. The Kier molecular flexibility index (Phi) is 8.00. The number of nitrogens with one attached hydrogen (secondary N) is 2. The van der Waals surface area contributed by atoms with E-state index in [0.717, 1.165) is 41.8 Å². The van der Waals surface area contributed by atoms with Crippen LogP contribution in [0.15, 0.2) is 54.6 Å². The first-order chi connectivity index (χ1) is 16.4. The molecule has 7 nitrogen and oxygen atoms in total. The molecule has 2 heterocycles. The fourth-order valence-electron chi connectivity index (χ4n) is 4.48. The number of hydrogen-bond acceptors (Lipinski definition) is 5. The summed E-state index contributed by atoms with van der Waals surface area (Å²) in [6, 6.07) is 17.4. The van der Waals surface area contributed by atoms with Gasteiger partial charge < -0.3 is 20.1 Å². The molecule has 180 valence electrons. The van der Waals surface area contributed by atoms with Crippen LogP contribution >= 0.6 is 11.6 Å². The lowest BCUT2D eigenvalue weighted by molar-refractivity contribution is 0.0783. The van der Waals surface area contributed by atoms with E-state index in [1.54, 1.807) is 31.2 Å². The van der Waals surface area contributed by atoms with Gasteiger partial charge in [-0.05, 0) is 60.7 Å². The Hall–Kier alpha value is -2.71. The Bertz CT molecular complexity index is 1080. The predicted molar refractivity (Wildman–Crippen MR) is 132 cm³/mol. The summed E-state index contributed by atoms with van der Waals surface area (Å²) in [4.78, 5) is 14.5. The molecule has 0 radical (unpaired) electrons. The molecule has 3 atom stereocenters. The SMILES string of the molecule is COCc1cc(CN(C)C(=O)c2ccc(C[C@@H]3CC[C@H]([C@H](O)c4ccc(Cl)cc4)N3)cc2)n[nH]1. The van der Waals surface area contributed by atoms with Crippen molar-refractivity contribution in [2.24, 2.45) is 0 Å². The number of ether oxygens (including phenoxy) is 1. The number of aromatic nitrogens is 2. The molecule has 1 aliphatic rings. The highest BCUT2D eigenvalue weighted by Crippen LogP contribution is 2.27. The lowest BCUT2D eigenvalue weighted by Gasteiger charge is -2.21. The van der Waals surface area contributed by atoms with Crippen LogP contribution in [-0.2, 0) is 24.3 Å². The van der Waals surface area contributed by atoms with Crippen LogP contribution in [0, 0.1) is 0 Å². The molecule has 8 heteroatoms. The summed E-state index contributed by atoms with van der Waals surface area (Å²) in [6.07, 6.45) is 2.20. The number of methoxy groups -OCH3 is 1. The average molecular weight is 483 g/mol. The number of aromatic amines is 1. The van der Waals surface area contributed by atoms with Crippen molar-refractivity contribution in [3.05, 3.63) is 87.7 Å². The molecular weight excluding hydrogens is 452 g/mol. The van der Waals surface area contributed by atoms with E-state index in [1.165, 1.54) is 0 Å². The third-order valence-corrected chi connectivity index (χ3v) is 6.53. The smallest absolute Gasteiger partial charge is 0.253 e. The number of aliphatic hydroxyl groups is 1. The minimum absolute atomic E-state index is 0.0205. The highest BCUT2D eigenvalue weighted by Gasteiger charge is 2.30. The van der Waals surface area contributed by atoms with E-state index in [1.807, 2.05) is 42.5 Å². The molecule has 4 rings (SSSR count). The number of benzene rings is 2. The number of carbonyl (C=O) groups excluding carboxylic acids is 1. The minimum atomic E-state index is -0.558. The van der Waals surface area contributed by atoms with Gasteiger partial charge in [0.15, 0.2) is 0 Å². The van der Waals surface area contributed by atoms with Gasteiger partial charge in [-0.25, -0.2) is 0 Å². The van der Waals surface area contributed by atoms with Crippen LogP contribution < -0.4 is 5.32 Å². The minimum Gasteiger partial charge on any atom is -0.387 e. The Morgan fingerprint density at radius 2 is 1.94 bits per heavy atom. The maximum atomic E-state index is 12.8. The van der Waals surface area contributed by atoms with Gasteiger partial charge in [-0.3, -0.25) is 9.89 Å². The second-order valence-corrected chi connectivity index (χ2v) is 9.36. The molecule has 1 aliphatic heterocycles. The first-order valence-electron chi connectivity index (χ1n) is 11.5. The maximum absolute atomic E-state index is 12.8. The van der Waals surface area contributed by atoms with Crippen LogP contribution in [0.1, 0.15) is 51.8 Å². The van der Waals surface area contributed by atoms with Gasteiger partial charge in [0.25, 0.3) is 5.91 Å². The molecule has 3 aromatic rings. The van der Waals surface area contributed by atoms with Crippen molar-refractivity contribution in [3.63, 3.8) is 0 Å². The van der Waals surface area contributed by atoms with Gasteiger partial charge in [0.2, 0.25) is 0 Å². The molecule has 1 fully saturated rings. The summed E-state index contributed by atoms with van der Waals surface area (Å²) in [5, 5.41) is 22.1. The molecule has 1 aromatic heterocycles. The Morgan fingerprint density at radius 3 is 2.65 bits per heavy atom. The van der Waals surface area contributed by atoms with Crippen LogP contribution in [0.3, 0.4) is 0 Å². The standard InChI is InChI=1S/C26H31ClN4O3/c1-31(15-22-14-23(16-34-2)30-29-22)26(33)19-5-3-17(4-6-19)13-21-11-12-24(28-21)25(32)18-7-9-20(27)10-8-18/h3-10,14,21,24-25,28,32H,11-13,15-16H2,1-2H3,(H,29,30)/t21-,24+,25+/m0/s1. The molecule has 1 amide bonds. The number of carbonyl (C=O) groups is 1. The van der Waals surface area contributed by atoms with Gasteiger partial charge in [0.1, 0.15) is 0 Å². The van der Waals surface area contributed by atoms with Gasteiger partial charge >= 0.3 is 0 Å². The van der Waals surface area contributed by atoms with E-state index in [2.05, 4.69) is 15.5 Å². The fraction of sp³-hybridized carbons (Fsp3) is 0.385. The quantitative estimate of drug-likeness (QED) is 0.430. The molecule has 34 heavy (non-hydrogen) atoms. The van der Waals surface area contributed by atoms with Crippen molar-refractivity contribution in [1.82, 2.24) is 20.4 Å². The summed E-state index contributed by atoms with van der Waals surface area (Å²) in [6.45, 7) is 0.882. The van der Waals surface area contributed by atoms with E-state index in [0.29, 0.717) is 23.7 Å². The van der Waals surface area contributed by atoms with Crippen LogP contribution in [0.25, 0.3) is 0 Å². The average Bonchev–Trinajstić information content (AvgIpc) is 3.49. The normalized spacial score (nSPS) is 18.7. The van der Waals surface area contributed by atoms with Crippen LogP contribution in [0.4, 0.5) is 0 Å². The van der Waals surface area contributed by atoms with Crippen LogP contribution in [0.5, 0.6) is 0 Å². The molecule has 0 spiro atoms. The fourth-order valence-corrected chi connectivity index (χ4v) is 4.60. The summed E-state index contributed by atoms with van der Waals surface area (Å²) >= 11 is 5.96. The Morgan fingerprint density at radius 1 is 1.21 bits per heavy atom. The van der Waals surface area contributed by atoms with Gasteiger partial charge in [0, 0.05) is 36.8 Å². The lowest BCUT2D eigenvalue weighted by Crippen LogP contribution is -2.35. The molecular formula is C26H31ClN4O3. The monoisotopic (exact) mass is 482 g/mol. The van der Waals surface area contributed by atoms with Crippen molar-refractivity contribution >= 4 is 17.5 Å². The topological polar surface area (TPSA) is 90.5 Å². The summed E-state index contributed by atoms with van der Waals surface area (Å²) < 4.78 is 5.09. The molecule has 0 bridgehead atoms. The molecule has 2 aromatic carbocycles. The highest BCUT2D eigenvalue weighted by atomic mass is 35.5. The van der Waals surface area contributed by atoms with E-state index < -0.39 is 6.10 Å². The molecule has 0 unspecified atom stereocenters. The zero-order valence-corrected chi connectivity index (χ0v) is 20.3. The number of hydrogen-bond donors (Lipinski definition) is 3. The van der Waals surface area contributed by atoms with Crippen LogP contribution in [0.2, 0.25) is 5.02 Å². The third kappa shape index (κ3) is 6.04. The van der Waals surface area contributed by atoms with E-state index in [-0.39, 0.29) is 18.0 Å². The van der Waals surface area contributed by atoms with Crippen LogP contribution in [-0.4, -0.2) is 52.4 Å². The van der Waals surface area contributed by atoms with E-state index in [9.17, 15) is 9.90 Å². The lowest BCUT2D eigenvalue weighted by atomic mass is 10.0. The zero-order chi connectivity index (χ0) is 24.1. The predicted octanol–water partition coefficient (Wildman–Crippen LogP) is 3.88. The maximum Gasteiger partial charge on any atom is 0.253 e. The number of aliphatic hydroxyl groups excluding tert-OH is 1. The summed E-state index contributed by atoms with van der Waals surface area (Å²) in [5.41, 5.74) is 4.36. The second kappa shape index (κ2) is 11.1. The number of rotatable bonds is 9. The Balaban J connectivity index is 1.29. The number of amides is 1. The van der Waals surface area contributed by atoms with Crippen molar-refractivity contribution in [3.8, 4) is 0 Å². The number of halogens is 1. The van der Waals surface area contributed by atoms with Gasteiger partial charge in [0.05, 0.1) is 30.6 Å². The van der Waals surface area contributed by atoms with Crippen molar-refractivity contribution in [2.75, 3.05) is 14.2 Å². The summed E-state index contributed by atoms with van der Waals surface area (Å²) in [7, 11) is 3.40. The summed E-state index contributed by atoms with van der Waals surface area (Å²) in [5.74, 6) is -0.0482. The molecule has 0 aliphatic carbocycles. The molecule has 1 saturated heterocycles. The van der Waals surface area contributed by atoms with Gasteiger partial charge in [-0.2, -0.15) is 5.10 Å². The molecule has 3 N–H and O–H groups in total. The Labute approximate surface area is 205 Å². The van der Waals surface area contributed by atoms with Crippen molar-refractivity contribution < 1.29 is 14.6 Å². The third-order valence-electron chi connectivity index (χ3n) is 6.28. The van der Waals surface area contributed by atoms with Crippen molar-refractivity contribution in [2.45, 2.75) is 50.6 Å². The van der Waals surface area contributed by atoms with E-state index >= 15 is 0 Å². The number of H-pyrrole nitrogens is 1. The largest absolute Gasteiger partial charge is 0.387 e. The molecule has 0 saturated carbocycles.